The second-order valence-electron chi connectivity index (χ2n) is 4.72. The topological polar surface area (TPSA) is 90.1 Å². The first-order chi connectivity index (χ1) is 10.6. The molecule has 3 aromatic rings. The van der Waals surface area contributed by atoms with E-state index in [4.69, 9.17) is 0 Å². The lowest BCUT2D eigenvalue weighted by Crippen LogP contribution is -2.19. The molecule has 0 aliphatic rings. The van der Waals surface area contributed by atoms with Gasteiger partial charge in [0.1, 0.15) is 6.54 Å². The zero-order valence-electron chi connectivity index (χ0n) is 11.5. The van der Waals surface area contributed by atoms with Crippen molar-refractivity contribution in [3.05, 3.63) is 64.8 Å². The van der Waals surface area contributed by atoms with Gasteiger partial charge in [-0.2, -0.15) is 5.10 Å². The van der Waals surface area contributed by atoms with Gasteiger partial charge in [-0.15, -0.1) is 0 Å². The van der Waals surface area contributed by atoms with Crippen molar-refractivity contribution in [3.8, 4) is 0 Å². The zero-order chi connectivity index (χ0) is 15.5. The highest BCUT2D eigenvalue weighted by molar-refractivity contribution is 5.91. The number of nitrogens with zero attached hydrogens (tertiary/aromatic N) is 3. The van der Waals surface area contributed by atoms with Crippen molar-refractivity contribution in [2.24, 2.45) is 0 Å². The smallest absolute Gasteiger partial charge is 0.271 e. The number of nitro benzene ring substituents is 1. The molecule has 0 fully saturated rings. The minimum Gasteiger partial charge on any atom is -0.324 e. The molecular formula is C15H12N4O3. The number of para-hydroxylation sites is 1. The molecule has 3 rings (SSSR count). The summed E-state index contributed by atoms with van der Waals surface area (Å²) >= 11 is 0. The van der Waals surface area contributed by atoms with E-state index in [1.165, 1.54) is 16.8 Å². The van der Waals surface area contributed by atoms with Gasteiger partial charge in [0.15, 0.2) is 0 Å². The fraction of sp³-hybridized carbons (Fsp3) is 0.0667. The number of fused-ring (bicyclic) bond motifs is 1. The number of nitrogens with one attached hydrogen (secondary N) is 1. The van der Waals surface area contributed by atoms with Crippen LogP contribution < -0.4 is 5.32 Å². The molecule has 1 heterocycles. The van der Waals surface area contributed by atoms with Crippen LogP contribution in [0.5, 0.6) is 0 Å². The minimum absolute atomic E-state index is 0.0143. The molecule has 0 atom stereocenters. The predicted molar refractivity (Wildman–Crippen MR) is 81.5 cm³/mol. The first-order valence-corrected chi connectivity index (χ1v) is 6.58. The average Bonchev–Trinajstić information content (AvgIpc) is 2.90. The second kappa shape index (κ2) is 5.65. The Morgan fingerprint density at radius 2 is 2.00 bits per heavy atom. The summed E-state index contributed by atoms with van der Waals surface area (Å²) in [6, 6.07) is 13.5. The van der Waals surface area contributed by atoms with Crippen LogP contribution in [0.25, 0.3) is 10.9 Å². The van der Waals surface area contributed by atoms with Crippen LogP contribution >= 0.6 is 0 Å². The number of amides is 1. The van der Waals surface area contributed by atoms with Crippen molar-refractivity contribution in [1.29, 1.82) is 0 Å². The summed E-state index contributed by atoms with van der Waals surface area (Å²) in [6.07, 6.45) is 1.58. The van der Waals surface area contributed by atoms with Crippen LogP contribution in [0.2, 0.25) is 0 Å². The average molecular weight is 296 g/mol. The van der Waals surface area contributed by atoms with Gasteiger partial charge in [0.25, 0.3) is 5.69 Å². The Balaban J connectivity index is 1.83. The third-order valence-corrected chi connectivity index (χ3v) is 3.19. The summed E-state index contributed by atoms with van der Waals surface area (Å²) in [7, 11) is 0. The summed E-state index contributed by atoms with van der Waals surface area (Å²) in [5.41, 5.74) is 1.21. The van der Waals surface area contributed by atoms with Crippen molar-refractivity contribution in [2.45, 2.75) is 6.54 Å². The van der Waals surface area contributed by atoms with Gasteiger partial charge in [0.2, 0.25) is 5.91 Å². The Kier molecular flexibility index (Phi) is 3.53. The molecule has 0 aliphatic heterocycles. The number of carbonyl (C=O) groups is 1. The quantitative estimate of drug-likeness (QED) is 0.592. The monoisotopic (exact) mass is 296 g/mol. The Bertz CT molecular complexity index is 842. The van der Waals surface area contributed by atoms with Crippen LogP contribution in [0.4, 0.5) is 11.4 Å². The molecule has 0 bridgehead atoms. The van der Waals surface area contributed by atoms with Gasteiger partial charge < -0.3 is 5.32 Å². The highest BCUT2D eigenvalue weighted by atomic mass is 16.6. The van der Waals surface area contributed by atoms with Crippen molar-refractivity contribution >= 4 is 28.2 Å². The molecule has 1 amide bonds. The summed E-state index contributed by atoms with van der Waals surface area (Å²) in [6.45, 7) is -0.0143. The van der Waals surface area contributed by atoms with Crippen LogP contribution in [0.1, 0.15) is 0 Å². The number of non-ortho nitro benzene ring substituents is 1. The second-order valence-corrected chi connectivity index (χ2v) is 4.72. The fourth-order valence-electron chi connectivity index (χ4n) is 2.16. The SMILES string of the molecule is O=C(Cn1ncc2ccc([N+](=O)[O-])cc21)Nc1ccccc1. The van der Waals surface area contributed by atoms with Gasteiger partial charge >= 0.3 is 0 Å². The van der Waals surface area contributed by atoms with Gasteiger partial charge in [-0.1, -0.05) is 18.2 Å². The number of benzene rings is 2. The lowest BCUT2D eigenvalue weighted by atomic mass is 10.2. The first kappa shape index (κ1) is 13.7. The molecule has 0 unspecified atom stereocenters. The Morgan fingerprint density at radius 1 is 1.23 bits per heavy atom. The van der Waals surface area contributed by atoms with Crippen LogP contribution in [0.15, 0.2) is 54.7 Å². The number of rotatable bonds is 4. The van der Waals surface area contributed by atoms with E-state index in [1.54, 1.807) is 24.4 Å². The molecule has 0 radical (unpaired) electrons. The summed E-state index contributed by atoms with van der Waals surface area (Å²) in [5.74, 6) is -0.247. The molecule has 0 spiro atoms. The fourth-order valence-corrected chi connectivity index (χ4v) is 2.16. The van der Waals surface area contributed by atoms with Crippen molar-refractivity contribution in [2.75, 3.05) is 5.32 Å². The molecule has 22 heavy (non-hydrogen) atoms. The molecule has 7 heteroatoms. The summed E-state index contributed by atoms with van der Waals surface area (Å²) in [4.78, 5) is 22.4. The number of carbonyl (C=O) groups excluding carboxylic acids is 1. The number of aromatic nitrogens is 2. The molecule has 0 aliphatic carbocycles. The highest BCUT2D eigenvalue weighted by Gasteiger charge is 2.12. The van der Waals surface area contributed by atoms with E-state index >= 15 is 0 Å². The third kappa shape index (κ3) is 2.78. The standard InChI is InChI=1S/C15H12N4O3/c20-15(17-12-4-2-1-3-5-12)10-18-14-8-13(19(21)22)7-6-11(14)9-16-18/h1-9H,10H2,(H,17,20). The van der Waals surface area contributed by atoms with Crippen molar-refractivity contribution in [1.82, 2.24) is 9.78 Å². The number of nitro groups is 1. The summed E-state index contributed by atoms with van der Waals surface area (Å²) < 4.78 is 1.45. The normalized spacial score (nSPS) is 10.5. The number of anilines is 1. The highest BCUT2D eigenvalue weighted by Crippen LogP contribution is 2.20. The van der Waals surface area contributed by atoms with E-state index in [0.29, 0.717) is 11.2 Å². The van der Waals surface area contributed by atoms with Gasteiger partial charge in [-0.3, -0.25) is 19.6 Å². The van der Waals surface area contributed by atoms with E-state index in [2.05, 4.69) is 10.4 Å². The Hall–Kier alpha value is -3.22. The summed E-state index contributed by atoms with van der Waals surface area (Å²) in [5, 5.41) is 18.4. The van der Waals surface area contributed by atoms with Gasteiger partial charge in [0.05, 0.1) is 16.6 Å². The molecule has 110 valence electrons. The Morgan fingerprint density at radius 3 is 2.73 bits per heavy atom. The zero-order valence-corrected chi connectivity index (χ0v) is 11.5. The number of hydrogen-bond acceptors (Lipinski definition) is 4. The first-order valence-electron chi connectivity index (χ1n) is 6.58. The predicted octanol–water partition coefficient (Wildman–Crippen LogP) is 2.58. The number of hydrogen-bond donors (Lipinski definition) is 1. The van der Waals surface area contributed by atoms with Gasteiger partial charge in [-0.25, -0.2) is 0 Å². The van der Waals surface area contributed by atoms with E-state index in [1.807, 2.05) is 18.2 Å². The lowest BCUT2D eigenvalue weighted by Gasteiger charge is -2.06. The maximum atomic E-state index is 12.0. The maximum absolute atomic E-state index is 12.0. The molecule has 2 aromatic carbocycles. The minimum atomic E-state index is -0.471. The Labute approximate surface area is 125 Å². The van der Waals surface area contributed by atoms with Crippen molar-refractivity contribution < 1.29 is 9.72 Å². The molecule has 1 aromatic heterocycles. The van der Waals surface area contributed by atoms with Crippen LogP contribution in [-0.4, -0.2) is 20.6 Å². The molecule has 1 N–H and O–H groups in total. The maximum Gasteiger partial charge on any atom is 0.271 e. The van der Waals surface area contributed by atoms with Gasteiger partial charge in [0, 0.05) is 23.2 Å². The largest absolute Gasteiger partial charge is 0.324 e. The van der Waals surface area contributed by atoms with E-state index in [0.717, 1.165) is 5.39 Å². The molecule has 7 nitrogen and oxygen atoms in total. The van der Waals surface area contributed by atoms with Gasteiger partial charge in [-0.05, 0) is 18.2 Å². The molecule has 0 saturated heterocycles. The molecular weight excluding hydrogens is 284 g/mol. The van der Waals surface area contributed by atoms with Crippen LogP contribution in [0, 0.1) is 10.1 Å². The van der Waals surface area contributed by atoms with Crippen molar-refractivity contribution in [3.63, 3.8) is 0 Å². The lowest BCUT2D eigenvalue weighted by molar-refractivity contribution is -0.384. The third-order valence-electron chi connectivity index (χ3n) is 3.19. The molecule has 0 saturated carbocycles. The van der Waals surface area contributed by atoms with E-state index in [-0.39, 0.29) is 18.1 Å². The van der Waals surface area contributed by atoms with E-state index in [9.17, 15) is 14.9 Å². The van der Waals surface area contributed by atoms with Crippen LogP contribution in [-0.2, 0) is 11.3 Å². The van der Waals surface area contributed by atoms with E-state index < -0.39 is 4.92 Å². The van der Waals surface area contributed by atoms with Crippen LogP contribution in [0.3, 0.4) is 0 Å².